The van der Waals surface area contributed by atoms with Crippen molar-refractivity contribution in [3.63, 3.8) is 0 Å². The van der Waals surface area contributed by atoms with Gasteiger partial charge in [0.05, 0.1) is 0 Å². The molecule has 0 radical (unpaired) electrons. The third-order valence-corrected chi connectivity index (χ3v) is 2.42. The van der Waals surface area contributed by atoms with Crippen LogP contribution in [0.25, 0.3) is 0 Å². The lowest BCUT2D eigenvalue weighted by Crippen LogP contribution is -2.36. The van der Waals surface area contributed by atoms with E-state index in [0.29, 0.717) is 6.04 Å². The van der Waals surface area contributed by atoms with Crippen molar-refractivity contribution in [2.24, 2.45) is 11.1 Å². The minimum absolute atomic E-state index is 0.260. The lowest BCUT2D eigenvalue weighted by Gasteiger charge is -2.30. The zero-order valence-electron chi connectivity index (χ0n) is 7.22. The van der Waals surface area contributed by atoms with Crippen molar-refractivity contribution in [1.29, 1.82) is 0 Å². The van der Waals surface area contributed by atoms with E-state index >= 15 is 0 Å². The molecule has 0 aliphatic heterocycles. The average molecular weight is 161 g/mol. The molecule has 0 spiro atoms. The lowest BCUT2D eigenvalue weighted by molar-refractivity contribution is 0.271. The van der Waals surface area contributed by atoms with Gasteiger partial charge in [0.2, 0.25) is 0 Å². The van der Waals surface area contributed by atoms with E-state index in [0.717, 1.165) is 18.6 Å². The number of nitrogens with two attached hydrogens (primary N) is 1. The number of hydrogen-bond donors (Lipinski definition) is 2. The quantitative estimate of drug-likeness (QED) is 0.607. The van der Waals surface area contributed by atoms with Crippen molar-refractivity contribution in [2.45, 2.75) is 39.7 Å². The monoisotopic (exact) mass is 161 g/mol. The third kappa shape index (κ3) is 2.93. The predicted octanol–water partition coefficient (Wildman–Crippen LogP) is 2.07. The Morgan fingerprint density at radius 3 is 2.30 bits per heavy atom. The van der Waals surface area contributed by atoms with Crippen LogP contribution in [-0.2, 0) is 0 Å². The van der Waals surface area contributed by atoms with Crippen LogP contribution in [0.4, 0.5) is 0 Å². The number of rotatable bonds is 4. The zero-order valence-corrected chi connectivity index (χ0v) is 8.12. The van der Waals surface area contributed by atoms with Gasteiger partial charge in [-0.25, -0.2) is 0 Å². The van der Waals surface area contributed by atoms with Gasteiger partial charge in [0, 0.05) is 6.04 Å². The average Bonchev–Trinajstić information content (AvgIpc) is 1.86. The second kappa shape index (κ2) is 4.24. The van der Waals surface area contributed by atoms with Gasteiger partial charge in [-0.2, -0.15) is 12.6 Å². The summed E-state index contributed by atoms with van der Waals surface area (Å²) >= 11 is 4.19. The van der Waals surface area contributed by atoms with Crippen LogP contribution in [0.1, 0.15) is 33.6 Å². The predicted molar refractivity (Wildman–Crippen MR) is 50.5 cm³/mol. The molecule has 0 aliphatic carbocycles. The van der Waals surface area contributed by atoms with E-state index in [9.17, 15) is 0 Å². The van der Waals surface area contributed by atoms with E-state index in [2.05, 4.69) is 33.4 Å². The van der Waals surface area contributed by atoms with Crippen molar-refractivity contribution in [3.8, 4) is 0 Å². The summed E-state index contributed by atoms with van der Waals surface area (Å²) in [7, 11) is 0. The second-order valence-corrected chi connectivity index (χ2v) is 3.92. The normalized spacial score (nSPS) is 15.3. The van der Waals surface area contributed by atoms with Gasteiger partial charge in [0.25, 0.3) is 0 Å². The molecule has 2 N–H and O–H groups in total. The minimum atomic E-state index is 0.260. The van der Waals surface area contributed by atoms with Gasteiger partial charge in [0.1, 0.15) is 0 Å². The summed E-state index contributed by atoms with van der Waals surface area (Å²) in [6, 6.07) is 0.319. The Balaban J connectivity index is 3.82. The second-order valence-electron chi connectivity index (χ2n) is 3.48. The molecular weight excluding hydrogens is 142 g/mol. The van der Waals surface area contributed by atoms with Crippen LogP contribution in [-0.4, -0.2) is 11.8 Å². The lowest BCUT2D eigenvalue weighted by atomic mass is 9.81. The SMILES string of the molecule is CCC(N)C(C)(C)CCS. The molecule has 10 heavy (non-hydrogen) atoms. The Hall–Kier alpha value is 0.310. The molecule has 0 amide bonds. The molecule has 0 aromatic rings. The van der Waals surface area contributed by atoms with Crippen LogP contribution in [0, 0.1) is 5.41 Å². The molecule has 1 unspecified atom stereocenters. The zero-order chi connectivity index (χ0) is 8.20. The highest BCUT2D eigenvalue weighted by Gasteiger charge is 2.23. The summed E-state index contributed by atoms with van der Waals surface area (Å²) in [5.41, 5.74) is 6.16. The molecule has 0 aliphatic rings. The maximum atomic E-state index is 5.90. The fourth-order valence-corrected chi connectivity index (χ4v) is 1.60. The fourth-order valence-electron chi connectivity index (χ4n) is 1.03. The van der Waals surface area contributed by atoms with E-state index in [-0.39, 0.29) is 5.41 Å². The highest BCUT2D eigenvalue weighted by Crippen LogP contribution is 2.25. The van der Waals surface area contributed by atoms with Crippen LogP contribution in [0.3, 0.4) is 0 Å². The molecule has 0 saturated carbocycles. The van der Waals surface area contributed by atoms with Gasteiger partial charge in [-0.1, -0.05) is 20.8 Å². The van der Waals surface area contributed by atoms with Gasteiger partial charge < -0.3 is 5.73 Å². The van der Waals surface area contributed by atoms with E-state index in [1.54, 1.807) is 0 Å². The van der Waals surface area contributed by atoms with Crippen molar-refractivity contribution in [3.05, 3.63) is 0 Å². The van der Waals surface area contributed by atoms with E-state index < -0.39 is 0 Å². The smallest absolute Gasteiger partial charge is 0.00879 e. The van der Waals surface area contributed by atoms with Crippen LogP contribution >= 0.6 is 12.6 Å². The van der Waals surface area contributed by atoms with Crippen LogP contribution in [0.2, 0.25) is 0 Å². The molecule has 0 aromatic carbocycles. The first kappa shape index (κ1) is 10.3. The molecular formula is C8H19NS. The molecule has 0 heterocycles. The summed E-state index contributed by atoms with van der Waals surface area (Å²) in [5, 5.41) is 0. The maximum Gasteiger partial charge on any atom is 0.00879 e. The summed E-state index contributed by atoms with van der Waals surface area (Å²) in [4.78, 5) is 0. The first-order valence-corrected chi connectivity index (χ1v) is 4.54. The van der Waals surface area contributed by atoms with Crippen LogP contribution < -0.4 is 5.73 Å². The van der Waals surface area contributed by atoms with Gasteiger partial charge in [-0.3, -0.25) is 0 Å². The fraction of sp³-hybridized carbons (Fsp3) is 1.00. The molecule has 2 heteroatoms. The molecule has 0 rings (SSSR count). The highest BCUT2D eigenvalue weighted by atomic mass is 32.1. The molecule has 0 saturated heterocycles. The van der Waals surface area contributed by atoms with Gasteiger partial charge >= 0.3 is 0 Å². The van der Waals surface area contributed by atoms with Crippen LogP contribution in [0.15, 0.2) is 0 Å². The van der Waals surface area contributed by atoms with Gasteiger partial charge in [-0.15, -0.1) is 0 Å². The van der Waals surface area contributed by atoms with Crippen molar-refractivity contribution in [2.75, 3.05) is 5.75 Å². The third-order valence-electron chi connectivity index (χ3n) is 2.20. The summed E-state index contributed by atoms with van der Waals surface area (Å²) in [5.74, 6) is 0.931. The van der Waals surface area contributed by atoms with Gasteiger partial charge in [-0.05, 0) is 24.0 Å². The largest absolute Gasteiger partial charge is 0.327 e. The Morgan fingerprint density at radius 1 is 1.50 bits per heavy atom. The molecule has 0 aromatic heterocycles. The molecule has 1 atom stereocenters. The van der Waals surface area contributed by atoms with E-state index in [4.69, 9.17) is 5.73 Å². The van der Waals surface area contributed by atoms with Crippen molar-refractivity contribution >= 4 is 12.6 Å². The molecule has 62 valence electrons. The first-order valence-electron chi connectivity index (χ1n) is 3.91. The topological polar surface area (TPSA) is 26.0 Å². The number of thiol groups is 1. The standard InChI is InChI=1S/C8H19NS/c1-4-7(9)8(2,3)5-6-10/h7,10H,4-6,9H2,1-3H3. The summed E-state index contributed by atoms with van der Waals surface area (Å²) in [6.45, 7) is 6.54. The van der Waals surface area contributed by atoms with Crippen molar-refractivity contribution < 1.29 is 0 Å². The summed E-state index contributed by atoms with van der Waals surface area (Å²) in [6.07, 6.45) is 2.16. The summed E-state index contributed by atoms with van der Waals surface area (Å²) < 4.78 is 0. The van der Waals surface area contributed by atoms with E-state index in [1.807, 2.05) is 0 Å². The minimum Gasteiger partial charge on any atom is -0.327 e. The Kier molecular flexibility index (Phi) is 4.37. The molecule has 0 fully saturated rings. The Morgan fingerprint density at radius 2 is 2.00 bits per heavy atom. The van der Waals surface area contributed by atoms with Gasteiger partial charge in [0.15, 0.2) is 0 Å². The maximum absolute atomic E-state index is 5.90. The Labute approximate surface area is 69.8 Å². The van der Waals surface area contributed by atoms with E-state index in [1.165, 1.54) is 0 Å². The van der Waals surface area contributed by atoms with Crippen molar-refractivity contribution in [1.82, 2.24) is 0 Å². The first-order chi connectivity index (χ1) is 4.54. The number of hydrogen-bond acceptors (Lipinski definition) is 2. The van der Waals surface area contributed by atoms with Crippen LogP contribution in [0.5, 0.6) is 0 Å². The highest BCUT2D eigenvalue weighted by molar-refractivity contribution is 7.80. The molecule has 0 bridgehead atoms. The Bertz CT molecular complexity index is 91.3. The molecule has 1 nitrogen and oxygen atoms in total.